The molecule has 4 amide bonds. The molecular formula is C8H10N2O3. The van der Waals surface area contributed by atoms with E-state index >= 15 is 0 Å². The number of barbiturate groups is 1. The van der Waals surface area contributed by atoms with Crippen LogP contribution in [0.1, 0.15) is 0 Å². The Morgan fingerprint density at radius 3 is 1.85 bits per heavy atom. The molecule has 0 bridgehead atoms. The van der Waals surface area contributed by atoms with Gasteiger partial charge >= 0.3 is 6.03 Å². The van der Waals surface area contributed by atoms with E-state index in [2.05, 4.69) is 6.58 Å². The maximum Gasteiger partial charge on any atom is 0.332 e. The first-order chi connectivity index (χ1) is 6.00. The van der Waals surface area contributed by atoms with Crippen LogP contribution < -0.4 is 0 Å². The van der Waals surface area contributed by atoms with Crippen molar-refractivity contribution < 1.29 is 14.4 Å². The van der Waals surface area contributed by atoms with E-state index in [-0.39, 0.29) is 0 Å². The van der Waals surface area contributed by atoms with Gasteiger partial charge in [-0.3, -0.25) is 19.4 Å². The molecule has 13 heavy (non-hydrogen) atoms. The Balaban J connectivity index is 3.05. The second kappa shape index (κ2) is 3.01. The smallest absolute Gasteiger partial charge is 0.273 e. The van der Waals surface area contributed by atoms with Crippen molar-refractivity contribution >= 4 is 17.8 Å². The molecular weight excluding hydrogens is 172 g/mol. The van der Waals surface area contributed by atoms with E-state index in [1.54, 1.807) is 0 Å². The van der Waals surface area contributed by atoms with E-state index in [0.717, 1.165) is 9.80 Å². The lowest BCUT2D eigenvalue weighted by Gasteiger charge is -2.31. The van der Waals surface area contributed by atoms with Gasteiger partial charge in [0, 0.05) is 14.1 Å². The fourth-order valence-electron chi connectivity index (χ4n) is 1.14. The SMILES string of the molecule is C=CC1C(=O)N(C)C(=O)N(C)C1=O. The van der Waals surface area contributed by atoms with Crippen LogP contribution in [-0.4, -0.2) is 41.7 Å². The normalized spacial score (nSPS) is 19.7. The van der Waals surface area contributed by atoms with Crippen molar-refractivity contribution in [1.29, 1.82) is 0 Å². The van der Waals surface area contributed by atoms with E-state index in [1.165, 1.54) is 20.2 Å². The number of nitrogens with zero attached hydrogens (tertiary/aromatic N) is 2. The van der Waals surface area contributed by atoms with Crippen LogP contribution in [0.25, 0.3) is 0 Å². The molecule has 0 saturated carbocycles. The van der Waals surface area contributed by atoms with Crippen molar-refractivity contribution in [2.45, 2.75) is 0 Å². The van der Waals surface area contributed by atoms with Gasteiger partial charge in [0.1, 0.15) is 5.92 Å². The first-order valence-electron chi connectivity index (χ1n) is 3.72. The molecule has 0 aromatic rings. The highest BCUT2D eigenvalue weighted by Gasteiger charge is 2.40. The van der Waals surface area contributed by atoms with Crippen LogP contribution in [-0.2, 0) is 9.59 Å². The molecule has 1 saturated heterocycles. The van der Waals surface area contributed by atoms with Crippen LogP contribution >= 0.6 is 0 Å². The first kappa shape index (κ1) is 9.44. The summed E-state index contributed by atoms with van der Waals surface area (Å²) in [4.78, 5) is 35.6. The number of hydrogen-bond acceptors (Lipinski definition) is 3. The third-order valence-corrected chi connectivity index (χ3v) is 2.00. The van der Waals surface area contributed by atoms with Crippen LogP contribution in [0.5, 0.6) is 0 Å². The van der Waals surface area contributed by atoms with Crippen molar-refractivity contribution in [3.05, 3.63) is 12.7 Å². The lowest BCUT2D eigenvalue weighted by atomic mass is 10.1. The van der Waals surface area contributed by atoms with Crippen LogP contribution in [0.15, 0.2) is 12.7 Å². The molecule has 1 fully saturated rings. The molecule has 1 heterocycles. The fraction of sp³-hybridized carbons (Fsp3) is 0.375. The van der Waals surface area contributed by atoms with Gasteiger partial charge in [-0.05, 0) is 0 Å². The summed E-state index contributed by atoms with van der Waals surface area (Å²) in [6.07, 6.45) is 1.24. The van der Waals surface area contributed by atoms with E-state index < -0.39 is 23.8 Å². The van der Waals surface area contributed by atoms with Crippen LogP contribution in [0, 0.1) is 5.92 Å². The monoisotopic (exact) mass is 182 g/mol. The summed E-state index contributed by atoms with van der Waals surface area (Å²) in [5.74, 6) is -1.97. The summed E-state index contributed by atoms with van der Waals surface area (Å²) in [5, 5.41) is 0. The first-order valence-corrected chi connectivity index (χ1v) is 3.72. The molecule has 0 N–H and O–H groups in total. The van der Waals surface area contributed by atoms with Crippen LogP contribution in [0.3, 0.4) is 0 Å². The van der Waals surface area contributed by atoms with Gasteiger partial charge in [-0.2, -0.15) is 0 Å². The van der Waals surface area contributed by atoms with Gasteiger partial charge in [0.25, 0.3) is 0 Å². The summed E-state index contributed by atoms with van der Waals surface area (Å²) < 4.78 is 0. The molecule has 5 nitrogen and oxygen atoms in total. The quantitative estimate of drug-likeness (QED) is 0.418. The second-order valence-corrected chi connectivity index (χ2v) is 2.79. The molecule has 0 atom stereocenters. The maximum absolute atomic E-state index is 11.3. The highest BCUT2D eigenvalue weighted by molar-refractivity contribution is 6.16. The highest BCUT2D eigenvalue weighted by atomic mass is 16.2. The fourth-order valence-corrected chi connectivity index (χ4v) is 1.14. The van der Waals surface area contributed by atoms with Crippen molar-refractivity contribution in [3.63, 3.8) is 0 Å². The number of carbonyl (C=O) groups is 3. The van der Waals surface area contributed by atoms with Crippen molar-refractivity contribution in [2.75, 3.05) is 14.1 Å². The van der Waals surface area contributed by atoms with Gasteiger partial charge in [-0.25, -0.2) is 4.79 Å². The molecule has 0 unspecified atom stereocenters. The number of rotatable bonds is 1. The molecule has 0 aliphatic carbocycles. The minimum Gasteiger partial charge on any atom is -0.273 e. The molecule has 1 aliphatic heterocycles. The Bertz CT molecular complexity index is 274. The number of imide groups is 2. The van der Waals surface area contributed by atoms with Crippen molar-refractivity contribution in [2.24, 2.45) is 5.92 Å². The molecule has 1 rings (SSSR count). The Hall–Kier alpha value is -1.65. The third kappa shape index (κ3) is 1.22. The summed E-state index contributed by atoms with van der Waals surface area (Å²) in [6, 6.07) is -0.604. The minimum atomic E-state index is -0.923. The number of hydrogen-bond donors (Lipinski definition) is 0. The molecule has 0 aromatic carbocycles. The predicted octanol–water partition coefficient (Wildman–Crippen LogP) is -0.161. The largest absolute Gasteiger partial charge is 0.332 e. The summed E-state index contributed by atoms with van der Waals surface area (Å²) >= 11 is 0. The number of urea groups is 1. The Labute approximate surface area is 75.6 Å². The van der Waals surface area contributed by atoms with Crippen LogP contribution in [0.2, 0.25) is 0 Å². The van der Waals surface area contributed by atoms with E-state index in [0.29, 0.717) is 0 Å². The van der Waals surface area contributed by atoms with E-state index in [4.69, 9.17) is 0 Å². The average Bonchev–Trinajstić information content (AvgIpc) is 2.13. The van der Waals surface area contributed by atoms with Crippen molar-refractivity contribution in [3.8, 4) is 0 Å². The van der Waals surface area contributed by atoms with Gasteiger partial charge in [-0.1, -0.05) is 6.08 Å². The number of carbonyl (C=O) groups excluding carboxylic acids is 3. The molecule has 0 spiro atoms. The molecule has 5 heteroatoms. The minimum absolute atomic E-state index is 0.525. The Morgan fingerprint density at radius 2 is 1.54 bits per heavy atom. The van der Waals surface area contributed by atoms with E-state index in [1.807, 2.05) is 0 Å². The van der Waals surface area contributed by atoms with Gasteiger partial charge in [0.05, 0.1) is 0 Å². The van der Waals surface area contributed by atoms with E-state index in [9.17, 15) is 14.4 Å². The maximum atomic E-state index is 11.3. The lowest BCUT2D eigenvalue weighted by molar-refractivity contribution is -0.145. The zero-order chi connectivity index (χ0) is 10.2. The van der Waals surface area contributed by atoms with Crippen molar-refractivity contribution in [1.82, 2.24) is 9.80 Å². The van der Waals surface area contributed by atoms with Gasteiger partial charge in [0.2, 0.25) is 11.8 Å². The van der Waals surface area contributed by atoms with Gasteiger partial charge in [0.15, 0.2) is 0 Å². The van der Waals surface area contributed by atoms with Gasteiger partial charge in [-0.15, -0.1) is 6.58 Å². The molecule has 0 aromatic heterocycles. The van der Waals surface area contributed by atoms with Gasteiger partial charge < -0.3 is 0 Å². The standard InChI is InChI=1S/C8H10N2O3/c1-4-5-6(11)9(2)8(13)10(3)7(5)12/h4-5H,1H2,2-3H3. The second-order valence-electron chi connectivity index (χ2n) is 2.79. The Morgan fingerprint density at radius 1 is 1.15 bits per heavy atom. The molecule has 0 radical (unpaired) electrons. The lowest BCUT2D eigenvalue weighted by Crippen LogP contribution is -2.56. The zero-order valence-electron chi connectivity index (χ0n) is 7.48. The molecule has 1 aliphatic rings. The van der Waals surface area contributed by atoms with Crippen LogP contribution in [0.4, 0.5) is 4.79 Å². The highest BCUT2D eigenvalue weighted by Crippen LogP contribution is 2.15. The molecule has 70 valence electrons. The topological polar surface area (TPSA) is 57.7 Å². The zero-order valence-corrected chi connectivity index (χ0v) is 7.48. The summed E-state index contributed by atoms with van der Waals surface area (Å²) in [5.41, 5.74) is 0. The summed E-state index contributed by atoms with van der Waals surface area (Å²) in [6.45, 7) is 3.37. The third-order valence-electron chi connectivity index (χ3n) is 2.00. The predicted molar refractivity (Wildman–Crippen MR) is 44.6 cm³/mol. The average molecular weight is 182 g/mol. The Kier molecular flexibility index (Phi) is 2.18. The number of amides is 4. The summed E-state index contributed by atoms with van der Waals surface area (Å²) in [7, 11) is 2.67.